The lowest BCUT2D eigenvalue weighted by Crippen LogP contribution is -2.39. The molecule has 2 aromatic rings. The van der Waals surface area contributed by atoms with Crippen LogP contribution in [0, 0.1) is 5.92 Å². The highest BCUT2D eigenvalue weighted by Crippen LogP contribution is 2.29. The zero-order chi connectivity index (χ0) is 19.6. The lowest BCUT2D eigenvalue weighted by molar-refractivity contribution is 0.102. The standard InChI is InChI=1S/C18H19BrClN3O3S/c1-12-3-2-8-23(11-12)27(25,26)16-9-13(4-6-15(16)20)18(24)22-17-7-5-14(19)10-21-17/h4-7,9-10,12H,2-3,8,11H2,1H3,(H,21,22,24). The monoisotopic (exact) mass is 471 g/mol. The molecular weight excluding hydrogens is 454 g/mol. The van der Waals surface area contributed by atoms with Gasteiger partial charge in [0, 0.05) is 29.3 Å². The Kier molecular flexibility index (Phi) is 6.20. The molecule has 1 aromatic carbocycles. The summed E-state index contributed by atoms with van der Waals surface area (Å²) < 4.78 is 28.3. The number of nitrogens with one attached hydrogen (secondary N) is 1. The minimum atomic E-state index is -3.76. The molecule has 0 saturated carbocycles. The van der Waals surface area contributed by atoms with E-state index < -0.39 is 15.9 Å². The maximum atomic E-state index is 13.0. The highest BCUT2D eigenvalue weighted by molar-refractivity contribution is 9.10. The number of sulfonamides is 1. The molecule has 1 aliphatic rings. The molecular formula is C18H19BrClN3O3S. The highest BCUT2D eigenvalue weighted by Gasteiger charge is 2.30. The smallest absolute Gasteiger partial charge is 0.256 e. The van der Waals surface area contributed by atoms with Gasteiger partial charge in [-0.25, -0.2) is 13.4 Å². The van der Waals surface area contributed by atoms with Crippen LogP contribution in [0.3, 0.4) is 0 Å². The molecule has 1 aliphatic heterocycles. The number of nitrogens with zero attached hydrogens (tertiary/aromatic N) is 2. The molecule has 0 aliphatic carbocycles. The molecule has 1 amide bonds. The fourth-order valence-corrected chi connectivity index (χ4v) is 5.32. The third-order valence-electron chi connectivity index (χ3n) is 4.40. The molecule has 6 nitrogen and oxygen atoms in total. The molecule has 27 heavy (non-hydrogen) atoms. The van der Waals surface area contributed by atoms with Crippen LogP contribution in [0.4, 0.5) is 5.82 Å². The maximum Gasteiger partial charge on any atom is 0.256 e. The summed E-state index contributed by atoms with van der Waals surface area (Å²) in [5.74, 6) is 0.208. The summed E-state index contributed by atoms with van der Waals surface area (Å²) in [6.07, 6.45) is 3.38. The van der Waals surface area contributed by atoms with E-state index in [4.69, 9.17) is 11.6 Å². The van der Waals surface area contributed by atoms with Crippen molar-refractivity contribution in [2.24, 2.45) is 5.92 Å². The zero-order valence-corrected chi connectivity index (χ0v) is 17.8. The number of carbonyl (C=O) groups excluding carboxylic acids is 1. The second kappa shape index (κ2) is 8.26. The summed E-state index contributed by atoms with van der Waals surface area (Å²) in [5, 5.41) is 2.75. The second-order valence-electron chi connectivity index (χ2n) is 6.57. The van der Waals surface area contributed by atoms with Gasteiger partial charge in [0.05, 0.1) is 5.02 Å². The molecule has 1 atom stereocenters. The number of hydrogen-bond acceptors (Lipinski definition) is 4. The first kappa shape index (κ1) is 20.3. The molecule has 0 spiro atoms. The van der Waals surface area contributed by atoms with Crippen molar-refractivity contribution in [2.45, 2.75) is 24.7 Å². The minimum Gasteiger partial charge on any atom is -0.307 e. The van der Waals surface area contributed by atoms with E-state index in [-0.39, 0.29) is 15.5 Å². The summed E-state index contributed by atoms with van der Waals surface area (Å²) in [6, 6.07) is 7.65. The number of anilines is 1. The van der Waals surface area contributed by atoms with Crippen molar-refractivity contribution < 1.29 is 13.2 Å². The number of benzene rings is 1. The molecule has 1 aromatic heterocycles. The van der Waals surface area contributed by atoms with Crippen LogP contribution in [0.2, 0.25) is 5.02 Å². The van der Waals surface area contributed by atoms with E-state index in [0.717, 1.165) is 17.3 Å². The van der Waals surface area contributed by atoms with Crippen LogP contribution in [-0.4, -0.2) is 36.7 Å². The largest absolute Gasteiger partial charge is 0.307 e. The van der Waals surface area contributed by atoms with Gasteiger partial charge in [-0.05, 0) is 65.0 Å². The number of pyridine rings is 1. The molecule has 1 unspecified atom stereocenters. The van der Waals surface area contributed by atoms with E-state index in [9.17, 15) is 13.2 Å². The summed E-state index contributed by atoms with van der Waals surface area (Å²) in [4.78, 5) is 16.5. The first-order chi connectivity index (χ1) is 12.8. The molecule has 0 radical (unpaired) electrons. The second-order valence-corrected chi connectivity index (χ2v) is 9.80. The third-order valence-corrected chi connectivity index (χ3v) is 7.22. The topological polar surface area (TPSA) is 79.4 Å². The average molecular weight is 473 g/mol. The van der Waals surface area contributed by atoms with Crippen molar-refractivity contribution in [3.63, 3.8) is 0 Å². The number of aromatic nitrogens is 1. The Morgan fingerprint density at radius 1 is 1.33 bits per heavy atom. The van der Waals surface area contributed by atoms with E-state index in [2.05, 4.69) is 26.2 Å². The van der Waals surface area contributed by atoms with E-state index >= 15 is 0 Å². The molecule has 9 heteroatoms. The first-order valence-corrected chi connectivity index (χ1v) is 11.1. The van der Waals surface area contributed by atoms with Crippen LogP contribution >= 0.6 is 27.5 Å². The van der Waals surface area contributed by atoms with Crippen molar-refractivity contribution in [3.8, 4) is 0 Å². The van der Waals surface area contributed by atoms with Crippen LogP contribution in [0.15, 0.2) is 45.9 Å². The fourth-order valence-electron chi connectivity index (χ4n) is 2.98. The Morgan fingerprint density at radius 2 is 2.11 bits per heavy atom. The Balaban J connectivity index is 1.87. The summed E-state index contributed by atoms with van der Waals surface area (Å²) in [7, 11) is -3.76. The van der Waals surface area contributed by atoms with Gasteiger partial charge in [-0.1, -0.05) is 18.5 Å². The lowest BCUT2D eigenvalue weighted by Gasteiger charge is -2.30. The summed E-state index contributed by atoms with van der Waals surface area (Å²) in [5.41, 5.74) is 0.202. The van der Waals surface area contributed by atoms with Crippen LogP contribution in [-0.2, 0) is 10.0 Å². The van der Waals surface area contributed by atoms with Crippen LogP contribution in [0.5, 0.6) is 0 Å². The SMILES string of the molecule is CC1CCCN(S(=O)(=O)c2cc(C(=O)Nc3ccc(Br)cn3)ccc2Cl)C1. The van der Waals surface area contributed by atoms with E-state index in [1.54, 1.807) is 18.3 Å². The van der Waals surface area contributed by atoms with Gasteiger partial charge in [0.1, 0.15) is 10.7 Å². The van der Waals surface area contributed by atoms with E-state index in [1.165, 1.54) is 22.5 Å². The van der Waals surface area contributed by atoms with Crippen molar-refractivity contribution >= 4 is 49.3 Å². The van der Waals surface area contributed by atoms with Crippen LogP contribution in [0.1, 0.15) is 30.1 Å². The number of piperidine rings is 1. The predicted molar refractivity (Wildman–Crippen MR) is 108 cm³/mol. The number of halogens is 2. The first-order valence-electron chi connectivity index (χ1n) is 8.50. The molecule has 1 fully saturated rings. The van der Waals surface area contributed by atoms with Crippen molar-refractivity contribution in [1.29, 1.82) is 0 Å². The van der Waals surface area contributed by atoms with Gasteiger partial charge in [-0.15, -0.1) is 0 Å². The quantitative estimate of drug-likeness (QED) is 0.724. The van der Waals surface area contributed by atoms with E-state index in [1.807, 2.05) is 6.92 Å². The van der Waals surface area contributed by atoms with Gasteiger partial charge in [-0.3, -0.25) is 4.79 Å². The number of hydrogen-bond donors (Lipinski definition) is 1. The third kappa shape index (κ3) is 4.68. The van der Waals surface area contributed by atoms with Crippen molar-refractivity contribution in [2.75, 3.05) is 18.4 Å². The predicted octanol–water partition coefficient (Wildman–Crippen LogP) is 4.17. The number of carbonyl (C=O) groups is 1. The van der Waals surface area contributed by atoms with Gasteiger partial charge < -0.3 is 5.32 Å². The Labute approximate surface area is 172 Å². The zero-order valence-electron chi connectivity index (χ0n) is 14.7. The van der Waals surface area contributed by atoms with Crippen LogP contribution < -0.4 is 5.32 Å². The molecule has 144 valence electrons. The molecule has 0 bridgehead atoms. The van der Waals surface area contributed by atoms with Gasteiger partial charge in [0.25, 0.3) is 5.91 Å². The molecule has 3 rings (SSSR count). The van der Waals surface area contributed by atoms with Crippen molar-refractivity contribution in [1.82, 2.24) is 9.29 Å². The van der Waals surface area contributed by atoms with Gasteiger partial charge >= 0.3 is 0 Å². The number of rotatable bonds is 4. The van der Waals surface area contributed by atoms with Gasteiger partial charge in [0.15, 0.2) is 0 Å². The highest BCUT2D eigenvalue weighted by atomic mass is 79.9. The Bertz CT molecular complexity index is 951. The van der Waals surface area contributed by atoms with Crippen molar-refractivity contribution in [3.05, 3.63) is 51.6 Å². The van der Waals surface area contributed by atoms with Gasteiger partial charge in [-0.2, -0.15) is 4.31 Å². The normalized spacial score (nSPS) is 18.3. The molecule has 1 N–H and O–H groups in total. The summed E-state index contributed by atoms with van der Waals surface area (Å²) >= 11 is 9.44. The van der Waals surface area contributed by atoms with Gasteiger partial charge in [0.2, 0.25) is 10.0 Å². The van der Waals surface area contributed by atoms with E-state index in [0.29, 0.717) is 24.8 Å². The lowest BCUT2D eigenvalue weighted by atomic mass is 10.0. The Hall–Kier alpha value is -1.48. The molecule has 2 heterocycles. The average Bonchev–Trinajstić information content (AvgIpc) is 2.63. The maximum absolute atomic E-state index is 13.0. The Morgan fingerprint density at radius 3 is 2.78 bits per heavy atom. The molecule has 1 saturated heterocycles. The minimum absolute atomic E-state index is 0.0466. The fraction of sp³-hybridized carbons (Fsp3) is 0.333. The van der Waals surface area contributed by atoms with Crippen LogP contribution in [0.25, 0.3) is 0 Å². The summed E-state index contributed by atoms with van der Waals surface area (Å²) in [6.45, 7) is 2.94. The number of amides is 1.